The topological polar surface area (TPSA) is 29.5 Å². The fourth-order valence-corrected chi connectivity index (χ4v) is 3.72. The fourth-order valence-electron chi connectivity index (χ4n) is 2.84. The van der Waals surface area contributed by atoms with Crippen molar-refractivity contribution in [2.24, 2.45) is 5.41 Å². The Morgan fingerprint density at radius 3 is 2.11 bits per heavy atom. The van der Waals surface area contributed by atoms with Gasteiger partial charge in [0.1, 0.15) is 6.61 Å². The first-order valence-corrected chi connectivity index (χ1v) is 9.12. The maximum Gasteiger partial charge on any atom is 0.431 e. The van der Waals surface area contributed by atoms with Gasteiger partial charge >= 0.3 is 18.0 Å². The van der Waals surface area contributed by atoms with Gasteiger partial charge in [0.25, 0.3) is 5.91 Å². The minimum Gasteiger partial charge on any atom is -0.272 e. The van der Waals surface area contributed by atoms with Gasteiger partial charge in [-0.3, -0.25) is 9.63 Å². The lowest BCUT2D eigenvalue weighted by Crippen LogP contribution is -2.56. The normalized spacial score (nSPS) is 23.0. The third-order valence-corrected chi connectivity index (χ3v) is 5.33. The highest BCUT2D eigenvalue weighted by Gasteiger charge is 2.75. The van der Waals surface area contributed by atoms with Crippen LogP contribution in [0.25, 0.3) is 0 Å². The van der Waals surface area contributed by atoms with Crippen molar-refractivity contribution in [2.45, 2.75) is 38.0 Å². The summed E-state index contributed by atoms with van der Waals surface area (Å²) in [6, 6.07) is 8.43. The van der Waals surface area contributed by atoms with Gasteiger partial charge in [0.05, 0.1) is 12.0 Å². The first-order chi connectivity index (χ1) is 12.8. The van der Waals surface area contributed by atoms with E-state index in [1.165, 1.54) is 4.08 Å². The molecule has 0 bridgehead atoms. The first-order valence-electron chi connectivity index (χ1n) is 7.87. The quantitative estimate of drug-likeness (QED) is 0.375. The Bertz CT molecular complexity index is 734. The predicted octanol–water partition coefficient (Wildman–Crippen LogP) is 5.51. The number of carbonyl (C=O) groups is 1. The van der Waals surface area contributed by atoms with Crippen LogP contribution in [0.1, 0.15) is 18.9 Å². The summed E-state index contributed by atoms with van der Waals surface area (Å²) in [5.41, 5.74) is -7.36. The van der Waals surface area contributed by atoms with E-state index in [1.807, 2.05) is 0 Å². The second-order valence-corrected chi connectivity index (χ2v) is 7.16. The van der Waals surface area contributed by atoms with E-state index < -0.39 is 35.8 Å². The Kier molecular flexibility index (Phi) is 6.39. The summed E-state index contributed by atoms with van der Waals surface area (Å²) in [5, 5.41) is 0.671. The van der Waals surface area contributed by atoms with Crippen LogP contribution in [0, 0.1) is 5.41 Å². The molecule has 1 atom stereocenters. The lowest BCUT2D eigenvalue weighted by Gasteiger charge is -2.35. The van der Waals surface area contributed by atoms with Crippen molar-refractivity contribution in [3.63, 3.8) is 0 Å². The van der Waals surface area contributed by atoms with E-state index in [0.717, 1.165) is 6.92 Å². The van der Waals surface area contributed by atoms with Crippen LogP contribution in [0.4, 0.5) is 30.7 Å². The first kappa shape index (κ1) is 22.9. The zero-order chi connectivity index (χ0) is 21.4. The molecule has 1 aliphatic rings. The number of hydrogen-bond acceptors (Lipinski definition) is 2. The smallest absolute Gasteiger partial charge is 0.272 e. The van der Waals surface area contributed by atoms with Crippen molar-refractivity contribution in [2.75, 3.05) is 6.54 Å². The summed E-state index contributed by atoms with van der Waals surface area (Å²) in [6.45, 7) is 0.366. The molecule has 1 amide bonds. The van der Waals surface area contributed by atoms with Crippen LogP contribution in [0.15, 0.2) is 40.0 Å². The van der Waals surface area contributed by atoms with Gasteiger partial charge in [-0.25, -0.2) is 9.45 Å². The maximum atomic E-state index is 14.3. The lowest BCUT2D eigenvalue weighted by molar-refractivity contribution is -0.347. The zero-order valence-electron chi connectivity index (χ0n) is 14.4. The molecule has 1 aromatic carbocycles. The number of hydroxylamine groups is 2. The summed E-state index contributed by atoms with van der Waals surface area (Å²) in [7, 11) is 0. The zero-order valence-corrected chi connectivity index (χ0v) is 16.5. The summed E-state index contributed by atoms with van der Waals surface area (Å²) in [4.78, 5) is 17.9. The van der Waals surface area contributed by atoms with Crippen molar-refractivity contribution in [3.8, 4) is 0 Å². The van der Waals surface area contributed by atoms with Crippen LogP contribution in [0.5, 0.6) is 0 Å². The second-order valence-electron chi connectivity index (χ2n) is 6.54. The third-order valence-electron chi connectivity index (χ3n) is 4.58. The largest absolute Gasteiger partial charge is 0.431 e. The van der Waals surface area contributed by atoms with E-state index in [4.69, 9.17) is 4.84 Å². The van der Waals surface area contributed by atoms with Gasteiger partial charge in [-0.05, 0) is 22.1 Å². The molecule has 1 saturated heterocycles. The molecule has 28 heavy (non-hydrogen) atoms. The van der Waals surface area contributed by atoms with Crippen molar-refractivity contribution in [1.82, 2.24) is 5.06 Å². The summed E-state index contributed by atoms with van der Waals surface area (Å²) in [5.74, 6) is -1.16. The molecule has 0 aliphatic carbocycles. The van der Waals surface area contributed by atoms with Gasteiger partial charge in [0.15, 0.2) is 0 Å². The van der Waals surface area contributed by atoms with Crippen LogP contribution in [-0.2, 0) is 16.2 Å². The molecule has 156 valence electrons. The summed E-state index contributed by atoms with van der Waals surface area (Å²) in [6.07, 6.45) is -14.6. The van der Waals surface area contributed by atoms with E-state index in [0.29, 0.717) is 10.6 Å². The van der Waals surface area contributed by atoms with Crippen LogP contribution in [0.3, 0.4) is 0 Å². The number of nitrogens with zero attached hydrogens (tertiary/aromatic N) is 1. The molecular weight excluding hydrogens is 510 g/mol. The minimum atomic E-state index is -6.23. The number of carbonyl (C=O) groups excluding carboxylic acids is 1. The van der Waals surface area contributed by atoms with E-state index in [1.54, 1.807) is 52.9 Å². The van der Waals surface area contributed by atoms with Gasteiger partial charge in [-0.15, -0.1) is 0 Å². The Morgan fingerprint density at radius 1 is 1.11 bits per heavy atom. The Balaban J connectivity index is 2.30. The van der Waals surface area contributed by atoms with Gasteiger partial charge in [0, 0.05) is 6.42 Å². The van der Waals surface area contributed by atoms with Crippen LogP contribution >= 0.6 is 22.6 Å². The standard InChI is InChI=1S/C17H15F7INO2/c1-14(10-15(18,16(19,20)21)17(22,23)24)12(7-25)8-26(13(14)27)28-9-11-5-3-2-4-6-11/h2-7H,8-10H2,1H3/b12-7-. The van der Waals surface area contributed by atoms with Gasteiger partial charge < -0.3 is 0 Å². The SMILES string of the molecule is CC1(CC(F)(C(F)(F)F)C(F)(F)F)C(=O)N(OCc2ccccc2)C/C1=C/I. The Morgan fingerprint density at radius 2 is 1.64 bits per heavy atom. The number of rotatable bonds is 5. The van der Waals surface area contributed by atoms with Crippen molar-refractivity contribution in [3.05, 3.63) is 45.6 Å². The number of hydrogen-bond donors (Lipinski definition) is 0. The molecule has 0 spiro atoms. The van der Waals surface area contributed by atoms with E-state index in [2.05, 4.69) is 0 Å². The molecule has 1 heterocycles. The van der Waals surface area contributed by atoms with E-state index in [-0.39, 0.29) is 18.7 Å². The highest BCUT2D eigenvalue weighted by Crippen LogP contribution is 2.55. The molecule has 0 radical (unpaired) electrons. The highest BCUT2D eigenvalue weighted by atomic mass is 127. The van der Waals surface area contributed by atoms with Gasteiger partial charge in [0.2, 0.25) is 0 Å². The monoisotopic (exact) mass is 525 g/mol. The third kappa shape index (κ3) is 4.14. The van der Waals surface area contributed by atoms with Crippen molar-refractivity contribution >= 4 is 28.5 Å². The number of alkyl halides is 7. The van der Waals surface area contributed by atoms with Gasteiger partial charge in [-0.2, -0.15) is 26.3 Å². The number of benzene rings is 1. The lowest BCUT2D eigenvalue weighted by atomic mass is 9.75. The minimum absolute atomic E-state index is 0.0957. The van der Waals surface area contributed by atoms with Crippen molar-refractivity contribution in [1.29, 1.82) is 0 Å². The number of amides is 1. The average Bonchev–Trinajstić information content (AvgIpc) is 2.82. The highest BCUT2D eigenvalue weighted by molar-refractivity contribution is 14.1. The predicted molar refractivity (Wildman–Crippen MR) is 93.7 cm³/mol. The maximum absolute atomic E-state index is 14.3. The molecule has 2 rings (SSSR count). The molecule has 1 aliphatic heterocycles. The molecule has 1 aromatic rings. The molecular formula is C17H15F7INO2. The molecule has 0 saturated carbocycles. The second kappa shape index (κ2) is 7.81. The molecule has 3 nitrogen and oxygen atoms in total. The van der Waals surface area contributed by atoms with E-state index in [9.17, 15) is 35.5 Å². The average molecular weight is 525 g/mol. The number of halogens is 8. The van der Waals surface area contributed by atoms with Crippen molar-refractivity contribution < 1.29 is 40.4 Å². The Hall–Kier alpha value is -1.37. The molecule has 11 heteroatoms. The van der Waals surface area contributed by atoms with Gasteiger partial charge in [-0.1, -0.05) is 52.9 Å². The summed E-state index contributed by atoms with van der Waals surface area (Å²) < 4.78 is 93.3. The molecule has 0 N–H and O–H groups in total. The molecule has 0 aromatic heterocycles. The Labute approximate surface area is 169 Å². The van der Waals surface area contributed by atoms with Crippen LogP contribution in [0.2, 0.25) is 0 Å². The molecule has 1 unspecified atom stereocenters. The van der Waals surface area contributed by atoms with Crippen LogP contribution in [-0.4, -0.2) is 35.5 Å². The fraction of sp³-hybridized carbons (Fsp3) is 0.471. The summed E-state index contributed by atoms with van der Waals surface area (Å²) >= 11 is 1.59. The van der Waals surface area contributed by atoms with E-state index >= 15 is 0 Å². The molecule has 1 fully saturated rings. The van der Waals surface area contributed by atoms with Crippen LogP contribution < -0.4 is 0 Å².